The maximum absolute atomic E-state index is 3.79. The highest BCUT2D eigenvalue weighted by atomic mass is 32.2. The van der Waals surface area contributed by atoms with Gasteiger partial charge in [-0.05, 0) is 11.8 Å². The lowest BCUT2D eigenvalue weighted by Crippen LogP contribution is -1.55. The number of nitrogens with zero attached hydrogens (tertiary/aromatic N) is 1. The monoisotopic (exact) mass is 129 g/mol. The summed E-state index contributed by atoms with van der Waals surface area (Å²) < 4.78 is 0. The van der Waals surface area contributed by atoms with Crippen molar-refractivity contribution < 1.29 is 0 Å². The minimum Gasteiger partial charge on any atom is -0.289 e. The van der Waals surface area contributed by atoms with Gasteiger partial charge in [0.1, 0.15) is 0 Å². The molecule has 0 bridgehead atoms. The summed E-state index contributed by atoms with van der Waals surface area (Å²) in [7, 11) is 1.77. The highest BCUT2D eigenvalue weighted by Gasteiger charge is 1.66. The average Bonchev–Trinajstić information content (AvgIpc) is 1.81. The summed E-state index contributed by atoms with van der Waals surface area (Å²) in [5.41, 5.74) is 1.81. The molecule has 0 saturated carbocycles. The Bertz CT molecular complexity index is 86.5. The van der Waals surface area contributed by atoms with E-state index in [0.29, 0.717) is 0 Å². The van der Waals surface area contributed by atoms with Crippen molar-refractivity contribution in [2.45, 2.75) is 13.3 Å². The summed E-state index contributed by atoms with van der Waals surface area (Å²) in [4.78, 5) is 3.79. The molecule has 0 amide bonds. The maximum Gasteiger partial charge on any atom is 0.0579 e. The van der Waals surface area contributed by atoms with Gasteiger partial charge >= 0.3 is 0 Å². The summed E-state index contributed by atoms with van der Waals surface area (Å²) in [6, 6.07) is 0. The van der Waals surface area contributed by atoms with E-state index in [0.717, 1.165) is 6.42 Å². The number of hydrogen-bond donors (Lipinski definition) is 0. The third kappa shape index (κ3) is 5.76. The van der Waals surface area contributed by atoms with Crippen LogP contribution in [0.1, 0.15) is 13.3 Å². The molecule has 0 saturated heterocycles. The van der Waals surface area contributed by atoms with E-state index in [9.17, 15) is 0 Å². The Balaban J connectivity index is 3.03. The van der Waals surface area contributed by atoms with E-state index in [1.165, 1.54) is 0 Å². The first kappa shape index (κ1) is 7.76. The molecule has 0 fully saturated rings. The first-order valence-corrected chi connectivity index (χ1v) is 3.57. The maximum atomic E-state index is 3.79. The minimum atomic E-state index is 1.10. The van der Waals surface area contributed by atoms with Crippen molar-refractivity contribution in [2.24, 2.45) is 4.99 Å². The van der Waals surface area contributed by atoms with Crippen LogP contribution in [0.3, 0.4) is 0 Å². The number of thioether (sulfide) groups is 1. The average molecular weight is 129 g/mol. The highest BCUT2D eigenvalue weighted by Crippen LogP contribution is 1.96. The van der Waals surface area contributed by atoms with Crippen LogP contribution in [0, 0.1) is 0 Å². The molecule has 0 aliphatic carbocycles. The van der Waals surface area contributed by atoms with Crippen LogP contribution < -0.4 is 0 Å². The Hall–Kier alpha value is -0.240. The van der Waals surface area contributed by atoms with Gasteiger partial charge in [0.05, 0.1) is 5.55 Å². The second-order valence-corrected chi connectivity index (χ2v) is 2.03. The predicted molar refractivity (Wildman–Crippen MR) is 41.4 cm³/mol. The van der Waals surface area contributed by atoms with E-state index in [1.54, 1.807) is 18.8 Å². The Morgan fingerprint density at radius 3 is 2.88 bits per heavy atom. The van der Waals surface area contributed by atoms with Gasteiger partial charge in [0, 0.05) is 7.05 Å². The van der Waals surface area contributed by atoms with Crippen LogP contribution >= 0.6 is 11.8 Å². The Morgan fingerprint density at radius 1 is 1.62 bits per heavy atom. The molecule has 0 spiro atoms. The van der Waals surface area contributed by atoms with Crippen molar-refractivity contribution in [3.05, 3.63) is 11.5 Å². The summed E-state index contributed by atoms with van der Waals surface area (Å²) in [5, 5.41) is 2.03. The fraction of sp³-hybridized carbons (Fsp3) is 0.500. The molecule has 0 heterocycles. The van der Waals surface area contributed by atoms with Crippen LogP contribution in [0.2, 0.25) is 0 Å². The molecule has 2 heteroatoms. The predicted octanol–water partition coefficient (Wildman–Crippen LogP) is 2.30. The summed E-state index contributed by atoms with van der Waals surface area (Å²) in [5.74, 6) is 0. The zero-order chi connectivity index (χ0) is 6.24. The molecule has 0 aromatic rings. The minimum absolute atomic E-state index is 1.10. The SMILES string of the molecule is CC/C=C/S/C=N\C. The van der Waals surface area contributed by atoms with E-state index >= 15 is 0 Å². The van der Waals surface area contributed by atoms with Gasteiger partial charge < -0.3 is 0 Å². The second kappa shape index (κ2) is 6.76. The van der Waals surface area contributed by atoms with Crippen LogP contribution in [-0.2, 0) is 0 Å². The van der Waals surface area contributed by atoms with E-state index in [-0.39, 0.29) is 0 Å². The van der Waals surface area contributed by atoms with Gasteiger partial charge in [-0.3, -0.25) is 4.99 Å². The first-order chi connectivity index (χ1) is 3.91. The Morgan fingerprint density at radius 2 is 2.38 bits per heavy atom. The van der Waals surface area contributed by atoms with Crippen LogP contribution in [-0.4, -0.2) is 12.6 Å². The number of aliphatic imine (C=N–C) groups is 1. The highest BCUT2D eigenvalue weighted by molar-refractivity contribution is 8.14. The fourth-order valence-electron chi connectivity index (χ4n) is 0.248. The summed E-state index contributed by atoms with van der Waals surface area (Å²) in [6.45, 7) is 2.11. The van der Waals surface area contributed by atoms with Gasteiger partial charge in [0.2, 0.25) is 0 Å². The normalized spacial score (nSPS) is 11.8. The lowest BCUT2D eigenvalue weighted by molar-refractivity contribution is 1.23. The molecule has 46 valence electrons. The molecule has 0 atom stereocenters. The third-order valence-corrected chi connectivity index (χ3v) is 1.26. The van der Waals surface area contributed by atoms with Crippen LogP contribution in [0.15, 0.2) is 16.5 Å². The van der Waals surface area contributed by atoms with Crippen LogP contribution in [0.5, 0.6) is 0 Å². The molecule has 0 aliphatic heterocycles. The van der Waals surface area contributed by atoms with Gasteiger partial charge in [0.25, 0.3) is 0 Å². The molecule has 0 aromatic carbocycles. The number of rotatable bonds is 3. The van der Waals surface area contributed by atoms with Gasteiger partial charge in [0.15, 0.2) is 0 Å². The third-order valence-electron chi connectivity index (χ3n) is 0.577. The van der Waals surface area contributed by atoms with Gasteiger partial charge in [-0.15, -0.1) is 0 Å². The van der Waals surface area contributed by atoms with E-state index in [1.807, 2.05) is 11.0 Å². The van der Waals surface area contributed by atoms with Crippen LogP contribution in [0.4, 0.5) is 0 Å². The molecular weight excluding hydrogens is 118 g/mol. The van der Waals surface area contributed by atoms with Crippen molar-refractivity contribution in [2.75, 3.05) is 7.05 Å². The van der Waals surface area contributed by atoms with Crippen molar-refractivity contribution in [1.82, 2.24) is 0 Å². The molecule has 1 nitrogen and oxygen atoms in total. The molecule has 8 heavy (non-hydrogen) atoms. The Labute approximate surface area is 54.9 Å². The summed E-state index contributed by atoms with van der Waals surface area (Å²) >= 11 is 1.61. The zero-order valence-corrected chi connectivity index (χ0v) is 6.11. The second-order valence-electron chi connectivity index (χ2n) is 1.28. The molecule has 0 aliphatic rings. The van der Waals surface area contributed by atoms with Crippen molar-refractivity contribution >= 4 is 17.3 Å². The molecular formula is C6H11NS. The van der Waals surface area contributed by atoms with Gasteiger partial charge in [-0.1, -0.05) is 24.8 Å². The number of allylic oxidation sites excluding steroid dienone is 1. The standard InChI is InChI=1S/C6H11NS/c1-3-4-5-8-6-7-2/h4-6H,3H2,1-2H3/b5-4+,7-6-. The molecule has 0 rings (SSSR count). The molecule has 0 aromatic heterocycles. The largest absolute Gasteiger partial charge is 0.289 e. The number of hydrogen-bond acceptors (Lipinski definition) is 2. The zero-order valence-electron chi connectivity index (χ0n) is 5.29. The van der Waals surface area contributed by atoms with Gasteiger partial charge in [-0.2, -0.15) is 0 Å². The first-order valence-electron chi connectivity index (χ1n) is 2.63. The lowest BCUT2D eigenvalue weighted by Gasteiger charge is -1.76. The fourth-order valence-corrected chi connectivity index (χ4v) is 0.743. The summed E-state index contributed by atoms with van der Waals surface area (Å²) in [6.07, 6.45) is 3.21. The molecule has 0 unspecified atom stereocenters. The topological polar surface area (TPSA) is 12.4 Å². The van der Waals surface area contributed by atoms with Gasteiger partial charge in [-0.25, -0.2) is 0 Å². The Kier molecular flexibility index (Phi) is 6.56. The van der Waals surface area contributed by atoms with E-state index in [2.05, 4.69) is 18.0 Å². The van der Waals surface area contributed by atoms with Crippen molar-refractivity contribution in [1.29, 1.82) is 0 Å². The van der Waals surface area contributed by atoms with E-state index < -0.39 is 0 Å². The van der Waals surface area contributed by atoms with Crippen molar-refractivity contribution in [3.63, 3.8) is 0 Å². The quantitative estimate of drug-likeness (QED) is 0.420. The van der Waals surface area contributed by atoms with Crippen LogP contribution in [0.25, 0.3) is 0 Å². The smallest absolute Gasteiger partial charge is 0.0579 e. The molecule has 0 N–H and O–H groups in total. The molecule has 0 radical (unpaired) electrons. The van der Waals surface area contributed by atoms with E-state index in [4.69, 9.17) is 0 Å². The lowest BCUT2D eigenvalue weighted by atomic mass is 10.5. The van der Waals surface area contributed by atoms with Crippen molar-refractivity contribution in [3.8, 4) is 0 Å².